The van der Waals surface area contributed by atoms with Crippen LogP contribution in [-0.4, -0.2) is 45.4 Å². The van der Waals surface area contributed by atoms with Crippen LogP contribution in [0.4, 0.5) is 0 Å². The van der Waals surface area contributed by atoms with E-state index in [1.54, 1.807) is 24.3 Å². The van der Waals surface area contributed by atoms with Gasteiger partial charge in [0, 0.05) is 23.6 Å². The largest absolute Gasteiger partial charge is 0.378 e. The maximum absolute atomic E-state index is 11.9. The van der Waals surface area contributed by atoms with Gasteiger partial charge in [0.25, 0.3) is 5.91 Å². The Morgan fingerprint density at radius 3 is 2.43 bits per heavy atom. The monoisotopic (exact) mass is 343 g/mol. The number of hydrogen-bond donors (Lipinski definition) is 2. The van der Waals surface area contributed by atoms with Gasteiger partial charge in [-0.1, -0.05) is 17.2 Å². The topological polar surface area (TPSA) is 122 Å². The van der Waals surface area contributed by atoms with Crippen molar-refractivity contribution >= 4 is 18.3 Å². The molecule has 23 heavy (non-hydrogen) atoms. The summed E-state index contributed by atoms with van der Waals surface area (Å²) >= 11 is 0. The summed E-state index contributed by atoms with van der Waals surface area (Å²) < 4.78 is 10.5. The van der Waals surface area contributed by atoms with Crippen molar-refractivity contribution in [1.82, 2.24) is 5.32 Å². The first kappa shape index (κ1) is 21.2. The van der Waals surface area contributed by atoms with E-state index in [1.807, 2.05) is 0 Å². The van der Waals surface area contributed by atoms with Gasteiger partial charge in [-0.15, -0.1) is 12.4 Å². The van der Waals surface area contributed by atoms with E-state index in [0.717, 1.165) is 5.56 Å². The van der Waals surface area contributed by atoms with Gasteiger partial charge in [-0.05, 0) is 23.2 Å². The Morgan fingerprint density at radius 1 is 1.17 bits per heavy atom. The predicted octanol–water partition coefficient (Wildman–Crippen LogP) is 1.64. The molecule has 1 amide bonds. The molecule has 0 aliphatic carbocycles. The second kappa shape index (κ2) is 13.8. The zero-order valence-corrected chi connectivity index (χ0v) is 13.6. The standard InChI is InChI=1S/C14H21N5O3.ClH/c15-5-7-21-9-10-22-8-6-17-14(20)13-3-1-12(2-4-13)11-18-19-16;/h1-4H,5-11,15H2,(H,17,20);1H. The summed E-state index contributed by atoms with van der Waals surface area (Å²) in [6.07, 6.45) is 0. The molecule has 0 aliphatic rings. The number of rotatable bonds is 11. The molecule has 0 saturated heterocycles. The molecule has 0 unspecified atom stereocenters. The van der Waals surface area contributed by atoms with Gasteiger partial charge in [0.1, 0.15) is 0 Å². The molecular weight excluding hydrogens is 322 g/mol. The maximum Gasteiger partial charge on any atom is 0.251 e. The molecule has 0 spiro atoms. The summed E-state index contributed by atoms with van der Waals surface area (Å²) in [6.45, 7) is 3.12. The SMILES string of the molecule is Cl.[N-]=[N+]=NCc1ccc(C(=O)NCCOCCOCCN)cc1. The number of benzene rings is 1. The zero-order chi connectivity index (χ0) is 16.0. The van der Waals surface area contributed by atoms with Gasteiger partial charge < -0.3 is 20.5 Å². The summed E-state index contributed by atoms with van der Waals surface area (Å²) in [6, 6.07) is 6.90. The first-order valence-corrected chi connectivity index (χ1v) is 7.01. The minimum atomic E-state index is -0.168. The third-order valence-corrected chi connectivity index (χ3v) is 2.70. The lowest BCUT2D eigenvalue weighted by atomic mass is 10.1. The predicted molar refractivity (Wildman–Crippen MR) is 89.6 cm³/mol. The van der Waals surface area contributed by atoms with E-state index in [-0.39, 0.29) is 24.9 Å². The van der Waals surface area contributed by atoms with Crippen LogP contribution in [-0.2, 0) is 16.0 Å². The van der Waals surface area contributed by atoms with Crippen LogP contribution in [0.1, 0.15) is 15.9 Å². The van der Waals surface area contributed by atoms with Crippen molar-refractivity contribution in [2.75, 3.05) is 39.5 Å². The van der Waals surface area contributed by atoms with Crippen molar-refractivity contribution in [3.8, 4) is 0 Å². The normalized spacial score (nSPS) is 9.61. The van der Waals surface area contributed by atoms with Gasteiger partial charge in [-0.25, -0.2) is 0 Å². The summed E-state index contributed by atoms with van der Waals surface area (Å²) in [5, 5.41) is 6.22. The molecule has 8 nitrogen and oxygen atoms in total. The van der Waals surface area contributed by atoms with Crippen LogP contribution >= 0.6 is 12.4 Å². The molecule has 3 N–H and O–H groups in total. The third kappa shape index (κ3) is 9.72. The smallest absolute Gasteiger partial charge is 0.251 e. The van der Waals surface area contributed by atoms with E-state index in [2.05, 4.69) is 15.3 Å². The van der Waals surface area contributed by atoms with Crippen LogP contribution < -0.4 is 11.1 Å². The van der Waals surface area contributed by atoms with E-state index >= 15 is 0 Å². The highest BCUT2D eigenvalue weighted by Gasteiger charge is 2.04. The minimum Gasteiger partial charge on any atom is -0.378 e. The van der Waals surface area contributed by atoms with Gasteiger partial charge in [-0.3, -0.25) is 4.79 Å². The molecule has 128 valence electrons. The Kier molecular flexibility index (Phi) is 12.7. The van der Waals surface area contributed by atoms with E-state index in [1.165, 1.54) is 0 Å². The Hall–Kier alpha value is -1.83. The van der Waals surface area contributed by atoms with Gasteiger partial charge in [0.2, 0.25) is 0 Å². The van der Waals surface area contributed by atoms with Crippen LogP contribution in [0.25, 0.3) is 10.4 Å². The number of nitrogens with one attached hydrogen (secondary N) is 1. The van der Waals surface area contributed by atoms with Crippen molar-refractivity contribution in [2.45, 2.75) is 6.54 Å². The van der Waals surface area contributed by atoms with Crippen LogP contribution in [0.2, 0.25) is 0 Å². The van der Waals surface area contributed by atoms with E-state index in [9.17, 15) is 4.79 Å². The molecular formula is C14H22ClN5O3. The first-order chi connectivity index (χ1) is 10.8. The van der Waals surface area contributed by atoms with Gasteiger partial charge in [0.05, 0.1) is 33.0 Å². The fraction of sp³-hybridized carbons (Fsp3) is 0.500. The van der Waals surface area contributed by atoms with Crippen molar-refractivity contribution < 1.29 is 14.3 Å². The number of amides is 1. The molecule has 0 radical (unpaired) electrons. The molecule has 1 aromatic carbocycles. The van der Waals surface area contributed by atoms with Crippen LogP contribution in [0.5, 0.6) is 0 Å². The van der Waals surface area contributed by atoms with E-state index < -0.39 is 0 Å². The number of azide groups is 1. The quantitative estimate of drug-likeness (QED) is 0.274. The second-order valence-corrected chi connectivity index (χ2v) is 4.36. The molecule has 1 aromatic rings. The lowest BCUT2D eigenvalue weighted by Gasteiger charge is -2.07. The number of nitrogens with zero attached hydrogens (tertiary/aromatic N) is 3. The summed E-state index contributed by atoms with van der Waals surface area (Å²) in [5.41, 5.74) is 14.9. The number of carbonyl (C=O) groups is 1. The first-order valence-electron chi connectivity index (χ1n) is 7.01. The summed E-state index contributed by atoms with van der Waals surface area (Å²) in [5.74, 6) is -0.168. The molecule has 9 heteroatoms. The highest BCUT2D eigenvalue weighted by molar-refractivity contribution is 5.94. The zero-order valence-electron chi connectivity index (χ0n) is 12.8. The van der Waals surface area contributed by atoms with E-state index in [4.69, 9.17) is 20.7 Å². The van der Waals surface area contributed by atoms with Crippen molar-refractivity contribution in [1.29, 1.82) is 0 Å². The molecule has 0 bridgehead atoms. The van der Waals surface area contributed by atoms with Gasteiger partial charge >= 0.3 is 0 Å². The van der Waals surface area contributed by atoms with Crippen molar-refractivity contribution in [3.05, 3.63) is 45.8 Å². The second-order valence-electron chi connectivity index (χ2n) is 4.36. The molecule has 0 heterocycles. The number of carbonyl (C=O) groups excluding carboxylic acids is 1. The molecule has 0 saturated carbocycles. The number of ether oxygens (including phenoxy) is 2. The molecule has 0 fully saturated rings. The summed E-state index contributed by atoms with van der Waals surface area (Å²) in [7, 11) is 0. The lowest BCUT2D eigenvalue weighted by molar-refractivity contribution is 0.0511. The van der Waals surface area contributed by atoms with E-state index in [0.29, 0.717) is 45.1 Å². The molecule has 0 aromatic heterocycles. The fourth-order valence-corrected chi connectivity index (χ4v) is 1.62. The number of nitrogens with two attached hydrogens (primary N) is 1. The highest BCUT2D eigenvalue weighted by atomic mass is 35.5. The van der Waals surface area contributed by atoms with Gasteiger partial charge in [-0.2, -0.15) is 0 Å². The van der Waals surface area contributed by atoms with Crippen molar-refractivity contribution in [2.24, 2.45) is 10.8 Å². The van der Waals surface area contributed by atoms with Gasteiger partial charge in [0.15, 0.2) is 0 Å². The number of halogens is 1. The van der Waals surface area contributed by atoms with Crippen molar-refractivity contribution in [3.63, 3.8) is 0 Å². The Bertz CT molecular complexity index is 492. The minimum absolute atomic E-state index is 0. The molecule has 1 rings (SSSR count). The third-order valence-electron chi connectivity index (χ3n) is 2.70. The van der Waals surface area contributed by atoms with Crippen LogP contribution in [0.15, 0.2) is 29.4 Å². The summed E-state index contributed by atoms with van der Waals surface area (Å²) in [4.78, 5) is 14.5. The average Bonchev–Trinajstić information content (AvgIpc) is 2.55. The molecule has 0 atom stereocenters. The maximum atomic E-state index is 11.9. The molecule has 0 aliphatic heterocycles. The highest BCUT2D eigenvalue weighted by Crippen LogP contribution is 2.05. The average molecular weight is 344 g/mol. The van der Waals surface area contributed by atoms with Crippen LogP contribution in [0, 0.1) is 0 Å². The lowest BCUT2D eigenvalue weighted by Crippen LogP contribution is -2.27. The Labute approximate surface area is 141 Å². The number of hydrogen-bond acceptors (Lipinski definition) is 5. The Balaban J connectivity index is 0.00000484. The van der Waals surface area contributed by atoms with Crippen LogP contribution in [0.3, 0.4) is 0 Å². The fourth-order valence-electron chi connectivity index (χ4n) is 1.62. The Morgan fingerprint density at radius 2 is 1.83 bits per heavy atom.